The summed E-state index contributed by atoms with van der Waals surface area (Å²) in [6, 6.07) is 27.1. The minimum absolute atomic E-state index is 0.477. The summed E-state index contributed by atoms with van der Waals surface area (Å²) in [7, 11) is 0. The van der Waals surface area contributed by atoms with Gasteiger partial charge in [-0.25, -0.2) is 0 Å². The van der Waals surface area contributed by atoms with E-state index in [1.165, 1.54) is 0 Å². The predicted octanol–water partition coefficient (Wildman–Crippen LogP) is 4.72. The predicted molar refractivity (Wildman–Crippen MR) is 92.7 cm³/mol. The molecule has 0 bridgehead atoms. The molecule has 0 heterocycles. The second kappa shape index (κ2) is 7.85. The molecule has 0 atom stereocenters. The van der Waals surface area contributed by atoms with Crippen LogP contribution < -0.4 is 9.47 Å². The molecule has 24 heavy (non-hydrogen) atoms. The molecule has 3 rings (SSSR count). The van der Waals surface area contributed by atoms with Crippen LogP contribution >= 0.6 is 0 Å². The highest BCUT2D eigenvalue weighted by Crippen LogP contribution is 2.16. The van der Waals surface area contributed by atoms with Crippen molar-refractivity contribution in [3.8, 4) is 17.6 Å². The lowest BCUT2D eigenvalue weighted by molar-refractivity contribution is 0.300. The van der Waals surface area contributed by atoms with Gasteiger partial charge in [-0.3, -0.25) is 0 Å². The van der Waals surface area contributed by atoms with Crippen molar-refractivity contribution in [2.45, 2.75) is 13.2 Å². The van der Waals surface area contributed by atoms with Gasteiger partial charge in [0.15, 0.2) is 0 Å². The van der Waals surface area contributed by atoms with Gasteiger partial charge >= 0.3 is 0 Å². The zero-order valence-corrected chi connectivity index (χ0v) is 13.2. The quantitative estimate of drug-likeness (QED) is 0.661. The summed E-state index contributed by atoms with van der Waals surface area (Å²) in [4.78, 5) is 0. The zero-order valence-electron chi connectivity index (χ0n) is 13.2. The molecule has 3 aromatic rings. The molecule has 0 aliphatic rings. The van der Waals surface area contributed by atoms with Crippen LogP contribution in [0.1, 0.15) is 16.7 Å². The highest BCUT2D eigenvalue weighted by molar-refractivity contribution is 5.34. The van der Waals surface area contributed by atoms with Crippen molar-refractivity contribution in [3.63, 3.8) is 0 Å². The molecule has 0 saturated carbocycles. The van der Waals surface area contributed by atoms with E-state index in [0.717, 1.165) is 22.6 Å². The van der Waals surface area contributed by atoms with Gasteiger partial charge in [0.05, 0.1) is 11.6 Å². The van der Waals surface area contributed by atoms with Gasteiger partial charge in [0.25, 0.3) is 0 Å². The summed E-state index contributed by atoms with van der Waals surface area (Å²) in [5, 5.41) is 8.80. The van der Waals surface area contributed by atoms with E-state index in [2.05, 4.69) is 12.1 Å². The Kier molecular flexibility index (Phi) is 5.11. The van der Waals surface area contributed by atoms with Crippen molar-refractivity contribution in [1.82, 2.24) is 0 Å². The van der Waals surface area contributed by atoms with E-state index in [0.29, 0.717) is 18.8 Å². The van der Waals surface area contributed by atoms with Crippen LogP contribution in [-0.2, 0) is 13.2 Å². The first-order chi connectivity index (χ1) is 11.8. The maximum atomic E-state index is 8.80. The summed E-state index contributed by atoms with van der Waals surface area (Å²) in [5.41, 5.74) is 2.80. The molecule has 3 aromatic carbocycles. The lowest BCUT2D eigenvalue weighted by Gasteiger charge is -2.09. The van der Waals surface area contributed by atoms with E-state index in [9.17, 15) is 0 Å². The summed E-state index contributed by atoms with van der Waals surface area (Å²) >= 11 is 0. The molecule has 118 valence electrons. The van der Waals surface area contributed by atoms with Gasteiger partial charge in [-0.05, 0) is 53.6 Å². The third-order valence-corrected chi connectivity index (χ3v) is 3.53. The van der Waals surface area contributed by atoms with Gasteiger partial charge in [-0.1, -0.05) is 36.4 Å². The number of hydrogen-bond acceptors (Lipinski definition) is 3. The van der Waals surface area contributed by atoms with Crippen LogP contribution in [0.15, 0.2) is 78.9 Å². The number of ether oxygens (including phenoxy) is 2. The van der Waals surface area contributed by atoms with Crippen molar-refractivity contribution in [2.75, 3.05) is 0 Å². The molecule has 0 saturated heterocycles. The minimum Gasteiger partial charge on any atom is -0.489 e. The third kappa shape index (κ3) is 4.37. The smallest absolute Gasteiger partial charge is 0.119 e. The molecular weight excluding hydrogens is 298 g/mol. The Labute approximate surface area is 141 Å². The maximum Gasteiger partial charge on any atom is 0.119 e. The highest BCUT2D eigenvalue weighted by Gasteiger charge is 2.00. The molecule has 0 N–H and O–H groups in total. The molecular formula is C21H17NO2. The molecule has 0 aliphatic carbocycles. The molecule has 0 fully saturated rings. The van der Waals surface area contributed by atoms with Gasteiger partial charge in [0.1, 0.15) is 24.7 Å². The van der Waals surface area contributed by atoms with Gasteiger partial charge < -0.3 is 9.47 Å². The minimum atomic E-state index is 0.477. The average Bonchev–Trinajstić information content (AvgIpc) is 2.66. The lowest BCUT2D eigenvalue weighted by atomic mass is 10.1. The van der Waals surface area contributed by atoms with E-state index in [4.69, 9.17) is 14.7 Å². The van der Waals surface area contributed by atoms with Crippen molar-refractivity contribution in [1.29, 1.82) is 5.26 Å². The van der Waals surface area contributed by atoms with E-state index >= 15 is 0 Å². The summed E-state index contributed by atoms with van der Waals surface area (Å²) in [6.45, 7) is 1.000. The van der Waals surface area contributed by atoms with Crippen LogP contribution in [0.25, 0.3) is 0 Å². The van der Waals surface area contributed by atoms with Crippen LogP contribution in [0, 0.1) is 11.3 Å². The van der Waals surface area contributed by atoms with Crippen LogP contribution in [0.2, 0.25) is 0 Å². The molecule has 3 nitrogen and oxygen atoms in total. The number of benzene rings is 3. The van der Waals surface area contributed by atoms with E-state index in [1.54, 1.807) is 24.3 Å². The number of rotatable bonds is 6. The fourth-order valence-electron chi connectivity index (χ4n) is 2.28. The van der Waals surface area contributed by atoms with Crippen molar-refractivity contribution in [3.05, 3.63) is 95.6 Å². The Morgan fingerprint density at radius 1 is 0.667 bits per heavy atom. The first-order valence-corrected chi connectivity index (χ1v) is 7.72. The topological polar surface area (TPSA) is 42.2 Å². The highest BCUT2D eigenvalue weighted by atomic mass is 16.5. The monoisotopic (exact) mass is 315 g/mol. The van der Waals surface area contributed by atoms with Crippen LogP contribution in [-0.4, -0.2) is 0 Å². The molecule has 0 amide bonds. The molecule has 0 aromatic heterocycles. The molecule has 3 heteroatoms. The standard InChI is InChI=1S/C21H17NO2/c22-14-17-9-11-21(12-10-17)24-16-19-6-4-5-18(13-19)15-23-20-7-2-1-3-8-20/h1-13H,15-16H2. The largest absolute Gasteiger partial charge is 0.489 e. The Balaban J connectivity index is 1.57. The number of para-hydroxylation sites is 1. The molecule has 0 aliphatic heterocycles. The normalized spacial score (nSPS) is 9.96. The fraction of sp³-hybridized carbons (Fsp3) is 0.0952. The molecule has 0 spiro atoms. The van der Waals surface area contributed by atoms with Crippen molar-refractivity contribution >= 4 is 0 Å². The maximum absolute atomic E-state index is 8.80. The number of hydrogen-bond donors (Lipinski definition) is 0. The third-order valence-electron chi connectivity index (χ3n) is 3.53. The number of nitriles is 1. The molecule has 0 unspecified atom stereocenters. The second-order valence-electron chi connectivity index (χ2n) is 5.35. The summed E-state index contributed by atoms with van der Waals surface area (Å²) in [6.07, 6.45) is 0. The number of nitrogens with zero attached hydrogens (tertiary/aromatic N) is 1. The SMILES string of the molecule is N#Cc1ccc(OCc2cccc(COc3ccccc3)c2)cc1. The van der Waals surface area contributed by atoms with Crippen LogP contribution in [0.3, 0.4) is 0 Å². The Bertz CT molecular complexity index is 820. The first-order valence-electron chi connectivity index (χ1n) is 7.72. The van der Waals surface area contributed by atoms with Gasteiger partial charge in [0.2, 0.25) is 0 Å². The fourth-order valence-corrected chi connectivity index (χ4v) is 2.28. The molecule has 0 radical (unpaired) electrons. The first kappa shape index (κ1) is 15.6. The van der Waals surface area contributed by atoms with Gasteiger partial charge in [0, 0.05) is 0 Å². The Morgan fingerprint density at radius 2 is 1.25 bits per heavy atom. The Morgan fingerprint density at radius 3 is 1.83 bits per heavy atom. The average molecular weight is 315 g/mol. The lowest BCUT2D eigenvalue weighted by Crippen LogP contribution is -1.99. The second-order valence-corrected chi connectivity index (χ2v) is 5.35. The summed E-state index contributed by atoms with van der Waals surface area (Å²) in [5.74, 6) is 1.61. The van der Waals surface area contributed by atoms with Crippen molar-refractivity contribution in [2.24, 2.45) is 0 Å². The van der Waals surface area contributed by atoms with Crippen molar-refractivity contribution < 1.29 is 9.47 Å². The van der Waals surface area contributed by atoms with Gasteiger partial charge in [-0.2, -0.15) is 5.26 Å². The van der Waals surface area contributed by atoms with E-state index < -0.39 is 0 Å². The summed E-state index contributed by atoms with van der Waals surface area (Å²) < 4.78 is 11.5. The van der Waals surface area contributed by atoms with E-state index in [-0.39, 0.29) is 0 Å². The van der Waals surface area contributed by atoms with Gasteiger partial charge in [-0.15, -0.1) is 0 Å². The zero-order chi connectivity index (χ0) is 16.6. The van der Waals surface area contributed by atoms with E-state index in [1.807, 2.05) is 48.5 Å². The Hall–Kier alpha value is -3.25. The van der Waals surface area contributed by atoms with Crippen LogP contribution in [0.5, 0.6) is 11.5 Å². The van der Waals surface area contributed by atoms with Crippen LogP contribution in [0.4, 0.5) is 0 Å².